The van der Waals surface area contributed by atoms with Gasteiger partial charge in [0.15, 0.2) is 4.34 Å². The van der Waals surface area contributed by atoms with Gasteiger partial charge < -0.3 is 13.3 Å². The van der Waals surface area contributed by atoms with E-state index in [0.717, 1.165) is 28.1 Å². The fourth-order valence-corrected chi connectivity index (χ4v) is 23.6. The van der Waals surface area contributed by atoms with Crippen LogP contribution in [0.2, 0.25) is 6.04 Å². The zero-order valence-corrected chi connectivity index (χ0v) is 25.2. The van der Waals surface area contributed by atoms with Crippen molar-refractivity contribution in [2.24, 2.45) is 0 Å². The zero-order valence-electron chi connectivity index (χ0n) is 16.9. The second-order valence-corrected chi connectivity index (χ2v) is 22.4. The summed E-state index contributed by atoms with van der Waals surface area (Å²) in [7, 11) is 11.9. The van der Waals surface area contributed by atoms with E-state index in [4.69, 9.17) is 13.3 Å². The first-order valence-electron chi connectivity index (χ1n) is 9.30. The van der Waals surface area contributed by atoms with Crippen LogP contribution in [0.25, 0.3) is 10.2 Å². The lowest BCUT2D eigenvalue weighted by atomic mass is 10.3. The van der Waals surface area contributed by atoms with Crippen molar-refractivity contribution in [3.8, 4) is 0 Å². The third kappa shape index (κ3) is 11.0. The lowest BCUT2D eigenvalue weighted by Crippen LogP contribution is -2.46. The van der Waals surface area contributed by atoms with Gasteiger partial charge in [-0.2, -0.15) is 0 Å². The van der Waals surface area contributed by atoms with E-state index in [1.54, 1.807) is 61.4 Å². The lowest BCUT2D eigenvalue weighted by molar-refractivity contribution is 0.0712. The molecule has 1 aromatic heterocycles. The Bertz CT molecular complexity index is 661. The molecule has 0 aliphatic rings. The van der Waals surface area contributed by atoms with Crippen LogP contribution in [0.1, 0.15) is 27.2 Å². The van der Waals surface area contributed by atoms with Gasteiger partial charge in [0.05, 0.1) is 10.2 Å². The van der Waals surface area contributed by atoms with Crippen molar-refractivity contribution in [3.05, 3.63) is 24.3 Å². The number of hydrogen-bond acceptors (Lipinski definition) is 13. The van der Waals surface area contributed by atoms with Crippen molar-refractivity contribution in [2.75, 3.05) is 25.6 Å². The first-order valence-corrected chi connectivity index (χ1v) is 22.4. The number of para-hydroxylation sites is 1. The molecule has 1 aromatic carbocycles. The van der Waals surface area contributed by atoms with Crippen molar-refractivity contribution in [1.29, 1.82) is 0 Å². The van der Waals surface area contributed by atoms with E-state index >= 15 is 0 Å². The minimum absolute atomic E-state index is 0.644. The third-order valence-electron chi connectivity index (χ3n) is 3.37. The number of thiazole rings is 1. The summed E-state index contributed by atoms with van der Waals surface area (Å²) in [6.07, 6.45) is 1.05. The highest BCUT2D eigenvalue weighted by Gasteiger charge is 2.39. The molecule has 0 bridgehead atoms. The fourth-order valence-electron chi connectivity index (χ4n) is 2.38. The quantitative estimate of drug-likeness (QED) is 0.0936. The highest BCUT2D eigenvalue weighted by atomic mass is 34.0. The highest BCUT2D eigenvalue weighted by molar-refractivity contribution is 9.48. The molecule has 14 heteroatoms. The summed E-state index contributed by atoms with van der Waals surface area (Å²) < 4.78 is 20.1. The average Bonchev–Trinajstić information content (AvgIpc) is 3.15. The Morgan fingerprint density at radius 2 is 1.50 bits per heavy atom. The van der Waals surface area contributed by atoms with E-state index in [0.29, 0.717) is 19.8 Å². The van der Waals surface area contributed by atoms with Gasteiger partial charge in [-0.05, 0) is 109 Å². The van der Waals surface area contributed by atoms with Gasteiger partial charge in [-0.1, -0.05) is 22.9 Å². The van der Waals surface area contributed by atoms with Crippen LogP contribution >= 0.6 is 91.9 Å². The molecule has 30 heavy (non-hydrogen) atoms. The fraction of sp³-hybridized carbons (Fsp3) is 0.562. The van der Waals surface area contributed by atoms with Crippen molar-refractivity contribution in [1.82, 2.24) is 4.98 Å². The number of hydrogen-bond donors (Lipinski definition) is 0. The van der Waals surface area contributed by atoms with Crippen molar-refractivity contribution >= 4 is 111 Å². The number of rotatable bonds is 18. The molecule has 0 unspecified atom stereocenters. The average molecular weight is 596 g/mol. The van der Waals surface area contributed by atoms with Crippen LogP contribution in [-0.2, 0) is 13.3 Å². The van der Waals surface area contributed by atoms with E-state index in [9.17, 15) is 0 Å². The number of aromatic nitrogens is 1. The van der Waals surface area contributed by atoms with E-state index in [1.165, 1.54) is 4.70 Å². The lowest BCUT2D eigenvalue weighted by Gasteiger charge is -2.28. The molecule has 0 fully saturated rings. The molecule has 0 saturated carbocycles. The van der Waals surface area contributed by atoms with E-state index < -0.39 is 8.80 Å². The van der Waals surface area contributed by atoms with E-state index in [2.05, 4.69) is 23.2 Å². The standard InChI is InChI=1S/C16H25NO3S9Si/c1-4-18-30(19-5-2,20-6-3)13-9-12-21-24-26-28-29-27-25-23-16-17-14-10-7-8-11-15(14)22-16/h7-8,10-11H,4-6,9,12-13H2,1-3H3. The van der Waals surface area contributed by atoms with Crippen LogP contribution in [0.3, 0.4) is 0 Å². The third-order valence-corrected chi connectivity index (χ3v) is 23.1. The van der Waals surface area contributed by atoms with Crippen LogP contribution < -0.4 is 0 Å². The zero-order chi connectivity index (χ0) is 21.5. The second-order valence-electron chi connectivity index (χ2n) is 5.35. The monoisotopic (exact) mass is 595 g/mol. The second kappa shape index (κ2) is 17.4. The molecule has 170 valence electrons. The van der Waals surface area contributed by atoms with Crippen LogP contribution in [0.4, 0.5) is 0 Å². The Balaban J connectivity index is 1.47. The van der Waals surface area contributed by atoms with Crippen LogP contribution in [0.15, 0.2) is 28.6 Å². The van der Waals surface area contributed by atoms with Gasteiger partial charge in [-0.25, -0.2) is 4.98 Å². The van der Waals surface area contributed by atoms with Crippen LogP contribution in [-0.4, -0.2) is 39.4 Å². The predicted molar refractivity (Wildman–Crippen MR) is 154 cm³/mol. The minimum atomic E-state index is -2.48. The SMILES string of the molecule is CCO[Si](CCCSSSSSSSSc1nc2ccccc2s1)(OCC)OCC. The van der Waals surface area contributed by atoms with Gasteiger partial charge in [-0.15, -0.1) is 11.3 Å². The Kier molecular flexibility index (Phi) is 16.4. The topological polar surface area (TPSA) is 40.6 Å². The Hall–Kier alpha value is 2.01. The van der Waals surface area contributed by atoms with Gasteiger partial charge in [-0.3, -0.25) is 0 Å². The molecule has 4 nitrogen and oxygen atoms in total. The molecule has 0 radical (unpaired) electrons. The summed E-state index contributed by atoms with van der Waals surface area (Å²) in [4.78, 5) is 4.64. The Labute approximate surface area is 214 Å². The molecule has 0 amide bonds. The molecule has 1 heterocycles. The van der Waals surface area contributed by atoms with Gasteiger partial charge in [0.2, 0.25) is 0 Å². The van der Waals surface area contributed by atoms with Gasteiger partial charge in [0.25, 0.3) is 0 Å². The smallest absolute Gasteiger partial charge is 0.374 e. The molecule has 0 spiro atoms. The summed E-state index contributed by atoms with van der Waals surface area (Å²) in [5.74, 6) is 1.07. The summed E-state index contributed by atoms with van der Waals surface area (Å²) in [5, 5.41) is 0. The number of fused-ring (bicyclic) bond motifs is 1. The van der Waals surface area contributed by atoms with Crippen LogP contribution in [0, 0.1) is 0 Å². The molecule has 0 N–H and O–H groups in total. The van der Waals surface area contributed by atoms with Crippen molar-refractivity contribution in [2.45, 2.75) is 37.6 Å². The summed E-state index contributed by atoms with van der Waals surface area (Å²) in [6, 6.07) is 9.17. The molecular weight excluding hydrogens is 571 g/mol. The molecule has 0 aliphatic carbocycles. The van der Waals surface area contributed by atoms with Crippen molar-refractivity contribution in [3.63, 3.8) is 0 Å². The predicted octanol–water partition coefficient (Wildman–Crippen LogP) is 9.36. The maximum atomic E-state index is 5.90. The summed E-state index contributed by atoms with van der Waals surface area (Å²) in [6.45, 7) is 7.94. The first kappa shape index (κ1) is 28.2. The highest BCUT2D eigenvalue weighted by Crippen LogP contribution is 2.58. The molecule has 0 aliphatic heterocycles. The number of benzene rings is 1. The number of nitrogens with zero attached hydrogens (tertiary/aromatic N) is 1. The molecule has 0 saturated heterocycles. The Morgan fingerprint density at radius 1 is 0.867 bits per heavy atom. The van der Waals surface area contributed by atoms with Crippen molar-refractivity contribution < 1.29 is 13.3 Å². The van der Waals surface area contributed by atoms with Gasteiger partial charge >= 0.3 is 8.80 Å². The normalized spacial score (nSPS) is 12.1. The van der Waals surface area contributed by atoms with Crippen LogP contribution in [0.5, 0.6) is 0 Å². The molecular formula is C16H25NO3S9Si. The summed E-state index contributed by atoms with van der Waals surface area (Å²) in [5.41, 5.74) is 1.09. The molecule has 2 rings (SSSR count). The maximum absolute atomic E-state index is 5.90. The summed E-state index contributed by atoms with van der Waals surface area (Å²) >= 11 is 1.75. The van der Waals surface area contributed by atoms with Gasteiger partial charge in [0, 0.05) is 31.6 Å². The maximum Gasteiger partial charge on any atom is 0.500 e. The Morgan fingerprint density at radius 3 is 2.17 bits per heavy atom. The van der Waals surface area contributed by atoms with E-state index in [-0.39, 0.29) is 0 Å². The largest absolute Gasteiger partial charge is 0.500 e. The minimum Gasteiger partial charge on any atom is -0.374 e. The first-order chi connectivity index (χ1) is 14.7. The molecule has 0 atom stereocenters. The van der Waals surface area contributed by atoms with E-state index in [1.807, 2.05) is 57.3 Å². The molecule has 2 aromatic rings. The van der Waals surface area contributed by atoms with Gasteiger partial charge in [0.1, 0.15) is 0 Å².